The maximum Gasteiger partial charge on any atom is 0.269 e. The molecular formula is C26H20N4O5S2. The van der Waals surface area contributed by atoms with Gasteiger partial charge in [-0.25, -0.2) is 0 Å². The van der Waals surface area contributed by atoms with Crippen LogP contribution >= 0.6 is 23.1 Å². The van der Waals surface area contributed by atoms with Crippen LogP contribution in [-0.2, 0) is 4.79 Å². The van der Waals surface area contributed by atoms with Crippen LogP contribution in [0.1, 0.15) is 16.5 Å². The molecular weight excluding hydrogens is 512 g/mol. The second-order valence-corrected chi connectivity index (χ2v) is 9.97. The number of anilines is 1. The molecule has 5 rings (SSSR count). The number of aromatic nitrogens is 2. The van der Waals surface area contributed by atoms with Crippen LogP contribution in [0, 0.1) is 10.1 Å². The number of carbonyl (C=O) groups is 1. The quantitative estimate of drug-likeness (QED) is 0.163. The van der Waals surface area contributed by atoms with E-state index in [1.807, 2.05) is 54.6 Å². The van der Waals surface area contributed by atoms with Crippen molar-refractivity contribution in [3.63, 3.8) is 0 Å². The van der Waals surface area contributed by atoms with E-state index in [0.717, 1.165) is 22.6 Å². The van der Waals surface area contributed by atoms with Crippen molar-refractivity contribution in [2.24, 2.45) is 0 Å². The first-order chi connectivity index (χ1) is 18.0. The Morgan fingerprint density at radius 2 is 1.54 bits per heavy atom. The smallest absolute Gasteiger partial charge is 0.269 e. The molecule has 4 aromatic rings. The van der Waals surface area contributed by atoms with Gasteiger partial charge >= 0.3 is 0 Å². The Morgan fingerprint density at radius 1 is 0.919 bits per heavy atom. The van der Waals surface area contributed by atoms with Gasteiger partial charge in [0, 0.05) is 17.7 Å². The maximum atomic E-state index is 13.7. The third-order valence-electron chi connectivity index (χ3n) is 5.66. The number of nitro groups is 1. The highest BCUT2D eigenvalue weighted by Crippen LogP contribution is 2.49. The molecule has 0 spiro atoms. The Labute approximate surface area is 220 Å². The lowest BCUT2D eigenvalue weighted by atomic mass is 10.2. The van der Waals surface area contributed by atoms with Crippen molar-refractivity contribution in [2.75, 3.05) is 19.1 Å². The number of rotatable bonds is 7. The Kier molecular flexibility index (Phi) is 6.89. The lowest BCUT2D eigenvalue weighted by Gasteiger charge is -2.20. The number of benzene rings is 3. The van der Waals surface area contributed by atoms with Crippen LogP contribution in [0.5, 0.6) is 11.5 Å². The third-order valence-corrected chi connectivity index (χ3v) is 7.89. The fraction of sp³-hybridized carbons (Fsp3) is 0.115. The number of hydrogen-bond acceptors (Lipinski definition) is 9. The normalized spacial score (nSPS) is 16.3. The fourth-order valence-electron chi connectivity index (χ4n) is 3.72. The molecule has 1 amide bonds. The summed E-state index contributed by atoms with van der Waals surface area (Å²) >= 11 is 2.68. The molecule has 0 radical (unpaired) electrons. The van der Waals surface area contributed by atoms with E-state index in [0.29, 0.717) is 20.6 Å². The van der Waals surface area contributed by atoms with Gasteiger partial charge in [-0.3, -0.25) is 19.8 Å². The number of non-ortho nitro benzene ring substituents is 1. The molecule has 1 saturated heterocycles. The van der Waals surface area contributed by atoms with Gasteiger partial charge in [-0.1, -0.05) is 47.4 Å². The lowest BCUT2D eigenvalue weighted by Crippen LogP contribution is -2.27. The Morgan fingerprint density at radius 3 is 2.14 bits per heavy atom. The third kappa shape index (κ3) is 5.04. The van der Waals surface area contributed by atoms with E-state index in [4.69, 9.17) is 9.47 Å². The topological polar surface area (TPSA) is 108 Å². The van der Waals surface area contributed by atoms with E-state index in [9.17, 15) is 14.9 Å². The molecule has 0 aliphatic carbocycles. The van der Waals surface area contributed by atoms with Crippen LogP contribution in [0.25, 0.3) is 16.6 Å². The minimum Gasteiger partial charge on any atom is -0.497 e. The highest BCUT2D eigenvalue weighted by atomic mass is 32.2. The van der Waals surface area contributed by atoms with Gasteiger partial charge in [0.15, 0.2) is 0 Å². The maximum absolute atomic E-state index is 13.7. The van der Waals surface area contributed by atoms with Crippen molar-refractivity contribution >= 4 is 45.9 Å². The van der Waals surface area contributed by atoms with E-state index < -0.39 is 4.92 Å². The second kappa shape index (κ2) is 10.4. The summed E-state index contributed by atoms with van der Waals surface area (Å²) in [6.07, 6.45) is 1.85. The molecule has 3 aromatic carbocycles. The van der Waals surface area contributed by atoms with Crippen LogP contribution in [0.2, 0.25) is 0 Å². The van der Waals surface area contributed by atoms with Gasteiger partial charge in [-0.05, 0) is 53.6 Å². The number of nitrogens with zero attached hydrogens (tertiary/aromatic N) is 4. The molecule has 1 atom stereocenters. The van der Waals surface area contributed by atoms with Gasteiger partial charge in [0.2, 0.25) is 5.13 Å². The molecule has 9 nitrogen and oxygen atoms in total. The number of amides is 1. The molecule has 186 valence electrons. The molecule has 0 bridgehead atoms. The van der Waals surface area contributed by atoms with E-state index in [-0.39, 0.29) is 17.0 Å². The number of carbonyl (C=O) groups excluding carboxylic acids is 1. The summed E-state index contributed by atoms with van der Waals surface area (Å²) in [5.41, 5.74) is 2.45. The molecule has 2 heterocycles. The number of hydrogen-bond donors (Lipinski definition) is 0. The summed E-state index contributed by atoms with van der Waals surface area (Å²) in [7, 11) is 3.21. The van der Waals surface area contributed by atoms with Crippen LogP contribution < -0.4 is 14.4 Å². The van der Waals surface area contributed by atoms with E-state index in [2.05, 4.69) is 10.2 Å². The van der Waals surface area contributed by atoms with Crippen LogP contribution in [0.4, 0.5) is 10.8 Å². The number of methoxy groups -OCH3 is 2. The van der Waals surface area contributed by atoms with Crippen LogP contribution in [0.15, 0.2) is 77.7 Å². The zero-order chi connectivity index (χ0) is 25.9. The molecule has 1 unspecified atom stereocenters. The molecule has 1 aliphatic rings. The Hall–Kier alpha value is -4.22. The minimum absolute atomic E-state index is 0.00695. The largest absolute Gasteiger partial charge is 0.497 e. The first kappa shape index (κ1) is 24.5. The van der Waals surface area contributed by atoms with Crippen molar-refractivity contribution in [3.8, 4) is 22.1 Å². The SMILES string of the molecule is COc1ccc(/C=C2\SC(c3ccc(OC)cc3)N(c3nnc(-c4ccc([N+](=O)[O-])cc4)s3)C2=O)cc1. The van der Waals surface area contributed by atoms with Crippen molar-refractivity contribution in [2.45, 2.75) is 5.37 Å². The Balaban J connectivity index is 1.50. The molecule has 1 aliphatic heterocycles. The summed E-state index contributed by atoms with van der Waals surface area (Å²) in [5, 5.41) is 20.2. The van der Waals surface area contributed by atoms with E-state index in [1.165, 1.54) is 35.2 Å². The predicted octanol–water partition coefficient (Wildman–Crippen LogP) is 5.95. The number of thioether (sulfide) groups is 1. The van der Waals surface area contributed by atoms with E-state index >= 15 is 0 Å². The molecule has 37 heavy (non-hydrogen) atoms. The Bertz CT molecular complexity index is 1470. The van der Waals surface area contributed by atoms with E-state index in [1.54, 1.807) is 31.3 Å². The highest BCUT2D eigenvalue weighted by molar-refractivity contribution is 8.05. The van der Waals surface area contributed by atoms with Gasteiger partial charge < -0.3 is 9.47 Å². The van der Waals surface area contributed by atoms with Crippen LogP contribution in [-0.4, -0.2) is 35.2 Å². The number of ether oxygens (including phenoxy) is 2. The van der Waals surface area contributed by atoms with Crippen molar-refractivity contribution in [1.29, 1.82) is 0 Å². The van der Waals surface area contributed by atoms with Gasteiger partial charge in [0.05, 0.1) is 24.0 Å². The van der Waals surface area contributed by atoms with Gasteiger partial charge in [-0.2, -0.15) is 0 Å². The van der Waals surface area contributed by atoms with Crippen LogP contribution in [0.3, 0.4) is 0 Å². The minimum atomic E-state index is -0.453. The van der Waals surface area contributed by atoms with Gasteiger partial charge in [-0.15, -0.1) is 10.2 Å². The van der Waals surface area contributed by atoms with Crippen molar-refractivity contribution < 1.29 is 19.2 Å². The molecule has 1 aromatic heterocycles. The first-order valence-corrected chi connectivity index (χ1v) is 12.7. The van der Waals surface area contributed by atoms with Crippen molar-refractivity contribution in [3.05, 3.63) is 98.9 Å². The number of nitro benzene ring substituents is 1. The van der Waals surface area contributed by atoms with Gasteiger partial charge in [0.1, 0.15) is 21.9 Å². The first-order valence-electron chi connectivity index (χ1n) is 11.0. The summed E-state index contributed by atoms with van der Waals surface area (Å²) in [6.45, 7) is 0. The summed E-state index contributed by atoms with van der Waals surface area (Å²) in [4.78, 5) is 26.4. The monoisotopic (exact) mass is 532 g/mol. The lowest BCUT2D eigenvalue weighted by molar-refractivity contribution is -0.384. The highest BCUT2D eigenvalue weighted by Gasteiger charge is 2.40. The van der Waals surface area contributed by atoms with Gasteiger partial charge in [0.25, 0.3) is 11.6 Å². The summed E-state index contributed by atoms with van der Waals surface area (Å²) in [5.74, 6) is 1.26. The summed E-state index contributed by atoms with van der Waals surface area (Å²) in [6, 6.07) is 21.1. The predicted molar refractivity (Wildman–Crippen MR) is 144 cm³/mol. The average molecular weight is 533 g/mol. The molecule has 11 heteroatoms. The standard InChI is InChI=1S/C26H20N4O5S2/c1-34-20-11-3-16(4-12-20)15-22-24(31)29(25(36-22)18-7-13-21(35-2)14-8-18)26-28-27-23(37-26)17-5-9-19(10-6-17)30(32)33/h3-15,25H,1-2H3/b22-15-. The average Bonchev–Trinajstić information content (AvgIpc) is 3.54. The zero-order valence-electron chi connectivity index (χ0n) is 19.7. The summed E-state index contributed by atoms with van der Waals surface area (Å²) < 4.78 is 10.5. The molecule has 0 saturated carbocycles. The molecule has 1 fully saturated rings. The molecule has 0 N–H and O–H groups in total. The zero-order valence-corrected chi connectivity index (χ0v) is 21.4. The second-order valence-electron chi connectivity index (χ2n) is 7.89. The fourth-order valence-corrected chi connectivity index (χ4v) is 5.91. The van der Waals surface area contributed by atoms with Crippen molar-refractivity contribution in [1.82, 2.24) is 10.2 Å².